The molecular weight excluding hydrogens is 340 g/mol. The Bertz CT molecular complexity index is 499. The van der Waals surface area contributed by atoms with Crippen LogP contribution in [0.15, 0.2) is 12.2 Å². The van der Waals surface area contributed by atoms with Crippen LogP contribution in [0.25, 0.3) is 0 Å². The van der Waals surface area contributed by atoms with Crippen LogP contribution in [0.3, 0.4) is 0 Å². The van der Waals surface area contributed by atoms with Gasteiger partial charge in [-0.3, -0.25) is 0 Å². The Morgan fingerprint density at radius 1 is 1.11 bits per heavy atom. The first-order valence-electron chi connectivity index (χ1n) is 11.3. The lowest BCUT2D eigenvalue weighted by molar-refractivity contribution is -0.385. The van der Waals surface area contributed by atoms with Gasteiger partial charge in [0.2, 0.25) is 0 Å². The Morgan fingerprint density at radius 2 is 1.81 bits per heavy atom. The van der Waals surface area contributed by atoms with E-state index in [0.717, 1.165) is 32.1 Å². The first kappa shape index (κ1) is 21.3. The molecule has 0 bridgehead atoms. The van der Waals surface area contributed by atoms with E-state index in [-0.39, 0.29) is 17.4 Å². The molecule has 4 nitrogen and oxygen atoms in total. The van der Waals surface area contributed by atoms with Crippen LogP contribution in [0.4, 0.5) is 0 Å². The van der Waals surface area contributed by atoms with E-state index in [1.165, 1.54) is 25.7 Å². The third-order valence-corrected chi connectivity index (χ3v) is 7.59. The Hall–Kier alpha value is -0.420. The number of rotatable bonds is 9. The van der Waals surface area contributed by atoms with Crippen molar-refractivity contribution < 1.29 is 19.7 Å². The Morgan fingerprint density at radius 3 is 2.48 bits per heavy atom. The fourth-order valence-corrected chi connectivity index (χ4v) is 6.21. The van der Waals surface area contributed by atoms with Gasteiger partial charge in [-0.2, -0.15) is 0 Å². The average Bonchev–Trinajstić information content (AvgIpc) is 3.17. The molecule has 2 saturated carbocycles. The number of aliphatic hydroxyl groups excluding tert-OH is 2. The molecule has 0 aromatic heterocycles. The Balaban J connectivity index is 1.62. The highest BCUT2D eigenvalue weighted by Gasteiger charge is 2.74. The fraction of sp³-hybridized carbons (Fsp3) is 0.913. The minimum Gasteiger partial charge on any atom is -0.393 e. The number of hydrogen-bond donors (Lipinski definition) is 2. The molecule has 0 aromatic rings. The highest BCUT2D eigenvalue weighted by molar-refractivity contribution is 5.20. The first-order chi connectivity index (χ1) is 13.0. The maximum absolute atomic E-state index is 10.7. The molecule has 1 aliphatic heterocycles. The van der Waals surface area contributed by atoms with Gasteiger partial charge in [0.15, 0.2) is 5.79 Å². The molecule has 1 unspecified atom stereocenters. The van der Waals surface area contributed by atoms with Crippen LogP contribution in [-0.2, 0) is 9.47 Å². The van der Waals surface area contributed by atoms with Gasteiger partial charge in [-0.05, 0) is 31.6 Å². The molecule has 0 aromatic carbocycles. The molecule has 3 aliphatic rings. The van der Waals surface area contributed by atoms with Crippen LogP contribution < -0.4 is 0 Å². The summed E-state index contributed by atoms with van der Waals surface area (Å²) in [5.41, 5.74) is -0.0382. The molecular formula is C23H40O4. The SMILES string of the molecule is CCCCCCC[C@H](O)/C=C/[C@H]1[C@H](O)CC[C@@]2(C)[C@@H]1C(CC)C21OCCO1. The molecule has 3 rings (SSSR count). The lowest BCUT2D eigenvalue weighted by Crippen LogP contribution is -2.73. The van der Waals surface area contributed by atoms with E-state index in [0.29, 0.717) is 25.0 Å². The second-order valence-electron chi connectivity index (χ2n) is 9.16. The second-order valence-corrected chi connectivity index (χ2v) is 9.16. The monoisotopic (exact) mass is 380 g/mol. The topological polar surface area (TPSA) is 58.9 Å². The van der Waals surface area contributed by atoms with Gasteiger partial charge in [0.05, 0.1) is 25.4 Å². The van der Waals surface area contributed by atoms with Crippen LogP contribution in [-0.4, -0.2) is 41.4 Å². The predicted molar refractivity (Wildman–Crippen MR) is 107 cm³/mol. The van der Waals surface area contributed by atoms with Crippen LogP contribution >= 0.6 is 0 Å². The van der Waals surface area contributed by atoms with Crippen molar-refractivity contribution in [3.8, 4) is 0 Å². The van der Waals surface area contributed by atoms with E-state index in [4.69, 9.17) is 9.47 Å². The van der Waals surface area contributed by atoms with Crippen molar-refractivity contribution >= 4 is 0 Å². The zero-order valence-electron chi connectivity index (χ0n) is 17.5. The van der Waals surface area contributed by atoms with Crippen LogP contribution in [0.5, 0.6) is 0 Å². The van der Waals surface area contributed by atoms with E-state index in [9.17, 15) is 10.2 Å². The Labute approximate surface area is 165 Å². The van der Waals surface area contributed by atoms with Crippen molar-refractivity contribution in [3.05, 3.63) is 12.2 Å². The molecule has 1 spiro atoms. The molecule has 2 aliphatic carbocycles. The minimum absolute atomic E-state index is 0.0382. The minimum atomic E-state index is -0.448. The molecule has 1 saturated heterocycles. The van der Waals surface area contributed by atoms with Gasteiger partial charge in [0.1, 0.15) is 0 Å². The summed E-state index contributed by atoms with van der Waals surface area (Å²) in [6.45, 7) is 8.06. The molecule has 1 heterocycles. The van der Waals surface area contributed by atoms with E-state index >= 15 is 0 Å². The smallest absolute Gasteiger partial charge is 0.177 e. The fourth-order valence-electron chi connectivity index (χ4n) is 6.21. The number of ether oxygens (including phenoxy) is 2. The standard InChI is InChI=1S/C23H40O4/c1-4-6-7-8-9-10-17(24)11-12-18-20(25)13-14-22(3)21(18)19(5-2)23(22)26-15-16-27-23/h11-12,17-21,24-25H,4-10,13-16H2,1-3H3/b12-11+/t17-,18-,19?,20+,21-,22-/m0/s1. The lowest BCUT2D eigenvalue weighted by atomic mass is 9.41. The number of unbranched alkanes of at least 4 members (excludes halogenated alkanes) is 4. The third-order valence-electron chi connectivity index (χ3n) is 7.59. The number of hydrogen-bond acceptors (Lipinski definition) is 4. The summed E-state index contributed by atoms with van der Waals surface area (Å²) in [5.74, 6) is 0.316. The molecule has 0 radical (unpaired) electrons. The molecule has 27 heavy (non-hydrogen) atoms. The van der Waals surface area contributed by atoms with Crippen molar-refractivity contribution in [2.75, 3.05) is 13.2 Å². The zero-order valence-corrected chi connectivity index (χ0v) is 17.5. The van der Waals surface area contributed by atoms with E-state index in [2.05, 4.69) is 26.8 Å². The van der Waals surface area contributed by atoms with Gasteiger partial charge < -0.3 is 19.7 Å². The van der Waals surface area contributed by atoms with Crippen LogP contribution in [0.2, 0.25) is 0 Å². The van der Waals surface area contributed by atoms with Crippen molar-refractivity contribution in [1.82, 2.24) is 0 Å². The third kappa shape index (κ3) is 3.75. The zero-order chi connectivity index (χ0) is 19.5. The van der Waals surface area contributed by atoms with Crippen molar-refractivity contribution in [1.29, 1.82) is 0 Å². The van der Waals surface area contributed by atoms with Gasteiger partial charge >= 0.3 is 0 Å². The van der Waals surface area contributed by atoms with Gasteiger partial charge in [-0.1, -0.05) is 65.0 Å². The number of fused-ring (bicyclic) bond motifs is 2. The van der Waals surface area contributed by atoms with Crippen molar-refractivity contribution in [3.63, 3.8) is 0 Å². The van der Waals surface area contributed by atoms with E-state index < -0.39 is 11.9 Å². The molecule has 156 valence electrons. The molecule has 0 amide bonds. The average molecular weight is 381 g/mol. The van der Waals surface area contributed by atoms with Crippen LogP contribution in [0, 0.1) is 23.2 Å². The van der Waals surface area contributed by atoms with Crippen molar-refractivity contribution in [2.45, 2.75) is 96.6 Å². The highest BCUT2D eigenvalue weighted by Crippen LogP contribution is 2.70. The maximum Gasteiger partial charge on any atom is 0.177 e. The highest BCUT2D eigenvalue weighted by atomic mass is 16.7. The molecule has 2 N–H and O–H groups in total. The summed E-state index contributed by atoms with van der Waals surface area (Å²) in [6, 6.07) is 0. The maximum atomic E-state index is 10.7. The first-order valence-corrected chi connectivity index (χ1v) is 11.3. The normalized spacial score (nSPS) is 38.9. The summed E-state index contributed by atoms with van der Waals surface area (Å²) in [5, 5.41) is 21.1. The Kier molecular flexibility index (Phi) is 7.05. The summed E-state index contributed by atoms with van der Waals surface area (Å²) in [6.07, 6.45) is 12.9. The summed E-state index contributed by atoms with van der Waals surface area (Å²) >= 11 is 0. The molecule has 3 fully saturated rings. The summed E-state index contributed by atoms with van der Waals surface area (Å²) < 4.78 is 12.3. The van der Waals surface area contributed by atoms with E-state index in [1.807, 2.05) is 6.08 Å². The van der Waals surface area contributed by atoms with Gasteiger partial charge in [-0.25, -0.2) is 0 Å². The lowest BCUT2D eigenvalue weighted by Gasteiger charge is -2.69. The molecule has 4 heteroatoms. The van der Waals surface area contributed by atoms with Gasteiger partial charge in [-0.15, -0.1) is 0 Å². The summed E-state index contributed by atoms with van der Waals surface area (Å²) in [7, 11) is 0. The van der Waals surface area contributed by atoms with Crippen LogP contribution in [0.1, 0.15) is 78.6 Å². The second kappa shape index (κ2) is 8.94. The summed E-state index contributed by atoms with van der Waals surface area (Å²) in [4.78, 5) is 0. The quantitative estimate of drug-likeness (QED) is 0.459. The predicted octanol–water partition coefficient (Wildman–Crippen LogP) is 4.44. The largest absolute Gasteiger partial charge is 0.393 e. The van der Waals surface area contributed by atoms with Gasteiger partial charge in [0, 0.05) is 17.3 Å². The number of aliphatic hydroxyl groups is 2. The van der Waals surface area contributed by atoms with Gasteiger partial charge in [0.25, 0.3) is 0 Å². The van der Waals surface area contributed by atoms with Crippen molar-refractivity contribution in [2.24, 2.45) is 23.2 Å². The molecule has 6 atom stereocenters. The van der Waals surface area contributed by atoms with E-state index in [1.54, 1.807) is 0 Å².